The highest BCUT2D eigenvalue weighted by Gasteiger charge is 2.30. The van der Waals surface area contributed by atoms with Gasteiger partial charge in [-0.2, -0.15) is 13.9 Å². The normalized spacial score (nSPS) is 19.6. The van der Waals surface area contributed by atoms with Crippen molar-refractivity contribution in [3.8, 4) is 0 Å². The number of aryl methyl sites for hydroxylation is 1. The molecule has 1 saturated heterocycles. The Kier molecular flexibility index (Phi) is 6.95. The predicted molar refractivity (Wildman–Crippen MR) is 86.9 cm³/mol. The summed E-state index contributed by atoms with van der Waals surface area (Å²) in [6, 6.07) is -0.0535. The molecule has 0 saturated carbocycles. The van der Waals surface area contributed by atoms with E-state index in [4.69, 9.17) is 5.73 Å². The number of nitrogens with two attached hydrogens (primary N) is 1. The molecule has 0 spiro atoms. The molecule has 8 heteroatoms. The predicted octanol–water partition coefficient (Wildman–Crippen LogP) is 2.59. The largest absolute Gasteiger partial charge is 0.338 e. The van der Waals surface area contributed by atoms with Gasteiger partial charge in [0, 0.05) is 29.9 Å². The van der Waals surface area contributed by atoms with Crippen molar-refractivity contribution < 1.29 is 13.6 Å². The second-order valence-electron chi connectivity index (χ2n) is 6.06. The number of hydrogen-bond acceptors (Lipinski definition) is 3. The first kappa shape index (κ1) is 19.8. The summed E-state index contributed by atoms with van der Waals surface area (Å²) in [4.78, 5) is 14.4. The topological polar surface area (TPSA) is 64.2 Å². The smallest absolute Gasteiger partial charge is 0.333 e. The number of nitrogens with zero attached hydrogens (tertiary/aromatic N) is 3. The van der Waals surface area contributed by atoms with Crippen molar-refractivity contribution in [2.45, 2.75) is 65.1 Å². The number of alkyl halides is 2. The van der Waals surface area contributed by atoms with Gasteiger partial charge >= 0.3 is 6.55 Å². The van der Waals surface area contributed by atoms with Gasteiger partial charge < -0.3 is 10.6 Å². The number of aromatic nitrogens is 2. The van der Waals surface area contributed by atoms with Crippen molar-refractivity contribution in [2.75, 3.05) is 6.54 Å². The summed E-state index contributed by atoms with van der Waals surface area (Å²) >= 11 is 0. The number of rotatable bonds is 4. The van der Waals surface area contributed by atoms with Crippen molar-refractivity contribution in [3.63, 3.8) is 0 Å². The van der Waals surface area contributed by atoms with Crippen LogP contribution in [0.4, 0.5) is 8.78 Å². The maximum Gasteiger partial charge on any atom is 0.333 e. The Balaban J connectivity index is 0.00000264. The van der Waals surface area contributed by atoms with Crippen LogP contribution in [0.3, 0.4) is 0 Å². The first-order chi connectivity index (χ1) is 10.3. The molecular formula is C15H25ClF2N4O. The van der Waals surface area contributed by atoms with Crippen molar-refractivity contribution in [1.82, 2.24) is 14.7 Å². The number of likely N-dealkylation sites (tertiary alicyclic amines) is 1. The fourth-order valence-electron chi connectivity index (χ4n) is 3.21. The van der Waals surface area contributed by atoms with Gasteiger partial charge in [-0.3, -0.25) is 4.79 Å². The molecule has 1 aromatic heterocycles. The van der Waals surface area contributed by atoms with Crippen molar-refractivity contribution in [1.29, 1.82) is 0 Å². The lowest BCUT2D eigenvalue weighted by Crippen LogP contribution is -2.52. The first-order valence-corrected chi connectivity index (χ1v) is 7.70. The highest BCUT2D eigenvalue weighted by atomic mass is 35.5. The summed E-state index contributed by atoms with van der Waals surface area (Å²) in [5.41, 5.74) is 7.42. The Labute approximate surface area is 141 Å². The zero-order valence-corrected chi connectivity index (χ0v) is 14.6. The van der Waals surface area contributed by atoms with Crippen LogP contribution in [0, 0.1) is 13.8 Å². The van der Waals surface area contributed by atoms with E-state index in [1.54, 1.807) is 13.8 Å². The van der Waals surface area contributed by atoms with Crippen LogP contribution in [0.5, 0.6) is 0 Å². The Bertz CT molecular complexity index is 548. The fraction of sp³-hybridized carbons (Fsp3) is 0.733. The lowest BCUT2D eigenvalue weighted by molar-refractivity contribution is -0.134. The summed E-state index contributed by atoms with van der Waals surface area (Å²) in [5.74, 6) is -0.0537. The number of amides is 1. The second-order valence-corrected chi connectivity index (χ2v) is 6.06. The Morgan fingerprint density at radius 3 is 2.57 bits per heavy atom. The molecule has 1 aromatic rings. The van der Waals surface area contributed by atoms with Crippen LogP contribution >= 0.6 is 12.4 Å². The Morgan fingerprint density at radius 1 is 1.39 bits per heavy atom. The minimum Gasteiger partial charge on any atom is -0.338 e. The molecule has 1 fully saturated rings. The second kappa shape index (κ2) is 8.06. The lowest BCUT2D eigenvalue weighted by atomic mass is 9.96. The summed E-state index contributed by atoms with van der Waals surface area (Å²) in [6.45, 7) is 3.14. The molecule has 0 aromatic carbocycles. The van der Waals surface area contributed by atoms with Crippen LogP contribution in [-0.4, -0.2) is 39.2 Å². The first-order valence-electron chi connectivity index (χ1n) is 7.70. The van der Waals surface area contributed by atoms with Gasteiger partial charge in [0.2, 0.25) is 5.91 Å². The van der Waals surface area contributed by atoms with E-state index < -0.39 is 6.55 Å². The average molecular weight is 351 g/mol. The third-order valence-electron chi connectivity index (χ3n) is 4.46. The van der Waals surface area contributed by atoms with Gasteiger partial charge in [0.15, 0.2) is 0 Å². The van der Waals surface area contributed by atoms with E-state index in [0.717, 1.165) is 19.3 Å². The monoisotopic (exact) mass is 350 g/mol. The van der Waals surface area contributed by atoms with Crippen LogP contribution in [-0.2, 0) is 11.2 Å². The van der Waals surface area contributed by atoms with Crippen molar-refractivity contribution >= 4 is 18.3 Å². The minimum atomic E-state index is -2.69. The van der Waals surface area contributed by atoms with Gasteiger partial charge in [0.1, 0.15) is 0 Å². The molecule has 0 aliphatic carbocycles. The summed E-state index contributed by atoms with van der Waals surface area (Å²) in [6.07, 6.45) is 3.03. The maximum absolute atomic E-state index is 12.9. The SMILES string of the molecule is Cc1nn(C(F)F)c(C)c1CC(=O)N1CCCCC1C(C)N.Cl. The summed E-state index contributed by atoms with van der Waals surface area (Å²) in [5, 5.41) is 3.83. The van der Waals surface area contributed by atoms with Crippen LogP contribution in [0.1, 0.15) is 49.7 Å². The summed E-state index contributed by atoms with van der Waals surface area (Å²) < 4.78 is 26.4. The van der Waals surface area contributed by atoms with Gasteiger partial charge in [-0.05, 0) is 40.0 Å². The third kappa shape index (κ3) is 4.20. The minimum absolute atomic E-state index is 0. The number of hydrogen-bond donors (Lipinski definition) is 1. The van der Waals surface area contributed by atoms with Crippen LogP contribution < -0.4 is 5.73 Å². The van der Waals surface area contributed by atoms with Crippen molar-refractivity contribution in [3.05, 3.63) is 17.0 Å². The Hall–Kier alpha value is -1.21. The highest BCUT2D eigenvalue weighted by Crippen LogP contribution is 2.23. The Morgan fingerprint density at radius 2 is 2.04 bits per heavy atom. The van der Waals surface area contributed by atoms with E-state index in [9.17, 15) is 13.6 Å². The molecule has 2 unspecified atom stereocenters. The van der Waals surface area contributed by atoms with E-state index in [1.165, 1.54) is 0 Å². The standard InChI is InChI=1S/C15H24F2N4O.ClH/c1-9(18)13-6-4-5-7-20(13)14(22)8-12-10(2)19-21(11(12)3)15(16)17;/h9,13,15H,4-8,18H2,1-3H3;1H. The van der Waals surface area contributed by atoms with E-state index in [2.05, 4.69) is 5.10 Å². The molecule has 1 aliphatic rings. The molecular weight excluding hydrogens is 326 g/mol. The molecule has 5 nitrogen and oxygen atoms in total. The molecule has 2 rings (SSSR count). The highest BCUT2D eigenvalue weighted by molar-refractivity contribution is 5.85. The van der Waals surface area contributed by atoms with E-state index in [-0.39, 0.29) is 36.8 Å². The van der Waals surface area contributed by atoms with E-state index in [0.29, 0.717) is 28.2 Å². The molecule has 132 valence electrons. The lowest BCUT2D eigenvalue weighted by Gasteiger charge is -2.38. The van der Waals surface area contributed by atoms with Crippen molar-refractivity contribution in [2.24, 2.45) is 5.73 Å². The zero-order valence-electron chi connectivity index (χ0n) is 13.8. The molecule has 1 aliphatic heterocycles. The molecule has 0 radical (unpaired) electrons. The fourth-order valence-corrected chi connectivity index (χ4v) is 3.21. The molecule has 1 amide bonds. The average Bonchev–Trinajstić information content (AvgIpc) is 2.75. The van der Waals surface area contributed by atoms with Gasteiger partial charge in [-0.15, -0.1) is 12.4 Å². The molecule has 23 heavy (non-hydrogen) atoms. The van der Waals surface area contributed by atoms with Gasteiger partial charge in [-0.25, -0.2) is 4.68 Å². The van der Waals surface area contributed by atoms with Gasteiger partial charge in [0.05, 0.1) is 12.1 Å². The van der Waals surface area contributed by atoms with Crippen LogP contribution in [0.25, 0.3) is 0 Å². The van der Waals surface area contributed by atoms with Crippen LogP contribution in [0.2, 0.25) is 0 Å². The quantitative estimate of drug-likeness (QED) is 0.907. The van der Waals surface area contributed by atoms with E-state index >= 15 is 0 Å². The van der Waals surface area contributed by atoms with E-state index in [1.807, 2.05) is 11.8 Å². The maximum atomic E-state index is 12.9. The van der Waals surface area contributed by atoms with Gasteiger partial charge in [-0.1, -0.05) is 0 Å². The number of halogens is 3. The zero-order chi connectivity index (χ0) is 16.4. The molecule has 2 atom stereocenters. The number of piperidine rings is 1. The third-order valence-corrected chi connectivity index (χ3v) is 4.46. The van der Waals surface area contributed by atoms with Gasteiger partial charge in [0.25, 0.3) is 0 Å². The molecule has 2 heterocycles. The molecule has 0 bridgehead atoms. The summed E-state index contributed by atoms with van der Waals surface area (Å²) in [7, 11) is 0. The number of carbonyl (C=O) groups is 1. The molecule has 2 N–H and O–H groups in total. The van der Waals surface area contributed by atoms with Crippen LogP contribution in [0.15, 0.2) is 0 Å². The number of carbonyl (C=O) groups excluding carboxylic acids is 1.